The first kappa shape index (κ1) is 16.5. The van der Waals surface area contributed by atoms with E-state index >= 15 is 0 Å². The Balaban J connectivity index is 1.90. The first-order valence-electron chi connectivity index (χ1n) is 8.62. The van der Waals surface area contributed by atoms with Gasteiger partial charge in [0, 0.05) is 19.1 Å². The molecule has 3 unspecified atom stereocenters. The van der Waals surface area contributed by atoms with E-state index in [1.54, 1.807) is 0 Å². The van der Waals surface area contributed by atoms with E-state index in [0.29, 0.717) is 6.04 Å². The first-order valence-corrected chi connectivity index (χ1v) is 8.62. The monoisotopic (exact) mass is 288 g/mol. The molecule has 1 aliphatic rings. The van der Waals surface area contributed by atoms with Crippen LogP contribution in [0, 0.1) is 11.8 Å². The van der Waals surface area contributed by atoms with Crippen LogP contribution in [0.5, 0.6) is 0 Å². The van der Waals surface area contributed by atoms with Crippen molar-refractivity contribution in [3.05, 3.63) is 35.4 Å². The maximum atomic E-state index is 3.38. The highest BCUT2D eigenvalue weighted by Gasteiger charge is 2.28. The largest absolute Gasteiger partial charge is 0.317 e. The van der Waals surface area contributed by atoms with Gasteiger partial charge in [0.25, 0.3) is 0 Å². The third-order valence-electron chi connectivity index (χ3n) is 4.97. The van der Waals surface area contributed by atoms with Gasteiger partial charge in [-0.05, 0) is 55.8 Å². The van der Waals surface area contributed by atoms with Gasteiger partial charge in [0.15, 0.2) is 0 Å². The smallest absolute Gasteiger partial charge is 0.0236 e. The summed E-state index contributed by atoms with van der Waals surface area (Å²) in [6, 6.07) is 9.94. The van der Waals surface area contributed by atoms with Crippen LogP contribution in [0.3, 0.4) is 0 Å². The third kappa shape index (κ3) is 4.82. The lowest BCUT2D eigenvalue weighted by molar-refractivity contribution is 0.0729. The molecule has 0 aromatic heterocycles. The van der Waals surface area contributed by atoms with Gasteiger partial charge in [0.1, 0.15) is 0 Å². The number of nitrogens with zero attached hydrogens (tertiary/aromatic N) is 1. The minimum atomic E-state index is 0.703. The maximum absolute atomic E-state index is 3.38. The molecule has 2 nitrogen and oxygen atoms in total. The van der Waals surface area contributed by atoms with E-state index in [2.05, 4.69) is 62.2 Å². The summed E-state index contributed by atoms with van der Waals surface area (Å²) in [5.41, 5.74) is 2.89. The fourth-order valence-electron chi connectivity index (χ4n) is 3.50. The van der Waals surface area contributed by atoms with Crippen molar-refractivity contribution in [3.63, 3.8) is 0 Å². The van der Waals surface area contributed by atoms with Gasteiger partial charge >= 0.3 is 0 Å². The second-order valence-corrected chi connectivity index (χ2v) is 6.91. The number of rotatable bonds is 6. The normalized spacial score (nSPS) is 27.0. The molecular formula is C19H32N2. The average Bonchev–Trinajstić information content (AvgIpc) is 2.46. The van der Waals surface area contributed by atoms with E-state index in [0.717, 1.165) is 37.9 Å². The summed E-state index contributed by atoms with van der Waals surface area (Å²) < 4.78 is 0. The second-order valence-electron chi connectivity index (χ2n) is 6.91. The average molecular weight is 288 g/mol. The van der Waals surface area contributed by atoms with Crippen molar-refractivity contribution in [2.75, 3.05) is 19.6 Å². The van der Waals surface area contributed by atoms with E-state index in [1.807, 2.05) is 0 Å². The highest BCUT2D eigenvalue weighted by molar-refractivity contribution is 5.23. The van der Waals surface area contributed by atoms with Crippen LogP contribution in [-0.4, -0.2) is 30.6 Å². The zero-order valence-corrected chi connectivity index (χ0v) is 14.2. The standard InChI is InChI=1S/C19H32N2/c1-5-20-11-10-18-6-8-19(9-7-18)14-21-13-15(2)12-16(3)17(21)4/h6-9,15-17,20H,5,10-14H2,1-4H3. The number of benzene rings is 1. The topological polar surface area (TPSA) is 15.3 Å². The van der Waals surface area contributed by atoms with Crippen molar-refractivity contribution in [1.29, 1.82) is 0 Å². The highest BCUT2D eigenvalue weighted by Crippen LogP contribution is 2.28. The van der Waals surface area contributed by atoms with E-state index < -0.39 is 0 Å². The summed E-state index contributed by atoms with van der Waals surface area (Å²) >= 11 is 0. The molecule has 21 heavy (non-hydrogen) atoms. The van der Waals surface area contributed by atoms with Crippen molar-refractivity contribution >= 4 is 0 Å². The van der Waals surface area contributed by atoms with Gasteiger partial charge in [-0.25, -0.2) is 0 Å². The van der Waals surface area contributed by atoms with Gasteiger partial charge in [0.2, 0.25) is 0 Å². The van der Waals surface area contributed by atoms with Crippen LogP contribution in [-0.2, 0) is 13.0 Å². The Kier molecular flexibility index (Phi) is 6.25. The van der Waals surface area contributed by atoms with E-state index in [1.165, 1.54) is 24.1 Å². The Labute approximate surface area is 130 Å². The molecule has 0 amide bonds. The predicted octanol–water partition coefficient (Wildman–Crippen LogP) is 3.71. The lowest BCUT2D eigenvalue weighted by Gasteiger charge is -2.41. The minimum absolute atomic E-state index is 0.703. The van der Waals surface area contributed by atoms with Gasteiger partial charge in [-0.3, -0.25) is 4.90 Å². The molecule has 1 aliphatic heterocycles. The van der Waals surface area contributed by atoms with Crippen molar-refractivity contribution < 1.29 is 0 Å². The quantitative estimate of drug-likeness (QED) is 0.803. The predicted molar refractivity (Wildman–Crippen MR) is 91.5 cm³/mol. The summed E-state index contributed by atoms with van der Waals surface area (Å²) in [7, 11) is 0. The van der Waals surface area contributed by atoms with Crippen LogP contribution < -0.4 is 5.32 Å². The molecule has 0 saturated carbocycles. The molecule has 1 saturated heterocycles. The lowest BCUT2D eigenvalue weighted by atomic mass is 9.86. The fraction of sp³-hybridized carbons (Fsp3) is 0.684. The van der Waals surface area contributed by atoms with E-state index in [-0.39, 0.29) is 0 Å². The number of likely N-dealkylation sites (tertiary alicyclic amines) is 1. The maximum Gasteiger partial charge on any atom is 0.0236 e. The molecule has 0 radical (unpaired) electrons. The van der Waals surface area contributed by atoms with E-state index in [4.69, 9.17) is 0 Å². The van der Waals surface area contributed by atoms with Crippen LogP contribution in [0.4, 0.5) is 0 Å². The molecule has 3 atom stereocenters. The number of hydrogen-bond acceptors (Lipinski definition) is 2. The Bertz CT molecular complexity index is 412. The molecule has 1 N–H and O–H groups in total. The first-order chi connectivity index (χ1) is 10.1. The van der Waals surface area contributed by atoms with E-state index in [9.17, 15) is 0 Å². The lowest BCUT2D eigenvalue weighted by Crippen LogP contribution is -2.45. The molecule has 0 bridgehead atoms. The molecular weight excluding hydrogens is 256 g/mol. The summed E-state index contributed by atoms with van der Waals surface area (Å²) in [6.45, 7) is 13.8. The van der Waals surface area contributed by atoms with Gasteiger partial charge in [-0.2, -0.15) is 0 Å². The van der Waals surface area contributed by atoms with Gasteiger partial charge in [-0.1, -0.05) is 45.0 Å². The van der Waals surface area contributed by atoms with Gasteiger partial charge < -0.3 is 5.32 Å². The Hall–Kier alpha value is -0.860. The molecule has 1 aromatic rings. The highest BCUT2D eigenvalue weighted by atomic mass is 15.2. The summed E-state index contributed by atoms with van der Waals surface area (Å²) in [6.07, 6.45) is 2.50. The van der Waals surface area contributed by atoms with Crippen molar-refractivity contribution in [3.8, 4) is 0 Å². The molecule has 2 heteroatoms. The Morgan fingerprint density at radius 1 is 1.10 bits per heavy atom. The molecule has 2 rings (SSSR count). The fourth-order valence-corrected chi connectivity index (χ4v) is 3.50. The van der Waals surface area contributed by atoms with Crippen molar-refractivity contribution in [1.82, 2.24) is 10.2 Å². The van der Waals surface area contributed by atoms with Crippen molar-refractivity contribution in [2.45, 2.75) is 53.1 Å². The molecule has 1 heterocycles. The van der Waals surface area contributed by atoms with Crippen LogP contribution in [0.1, 0.15) is 45.2 Å². The molecule has 118 valence electrons. The number of hydrogen-bond donors (Lipinski definition) is 1. The number of piperidine rings is 1. The minimum Gasteiger partial charge on any atom is -0.317 e. The van der Waals surface area contributed by atoms with Crippen LogP contribution in [0.25, 0.3) is 0 Å². The van der Waals surface area contributed by atoms with Crippen LogP contribution in [0.15, 0.2) is 24.3 Å². The SMILES string of the molecule is CCNCCc1ccc(CN2CC(C)CC(C)C2C)cc1. The molecule has 1 aromatic carbocycles. The zero-order valence-electron chi connectivity index (χ0n) is 14.2. The van der Waals surface area contributed by atoms with Crippen LogP contribution in [0.2, 0.25) is 0 Å². The summed E-state index contributed by atoms with van der Waals surface area (Å²) in [4.78, 5) is 2.66. The zero-order chi connectivity index (χ0) is 15.2. The Morgan fingerprint density at radius 2 is 1.76 bits per heavy atom. The van der Waals surface area contributed by atoms with Crippen LogP contribution >= 0.6 is 0 Å². The Morgan fingerprint density at radius 3 is 2.43 bits per heavy atom. The van der Waals surface area contributed by atoms with Gasteiger partial charge in [-0.15, -0.1) is 0 Å². The molecule has 1 fully saturated rings. The van der Waals surface area contributed by atoms with Gasteiger partial charge in [0.05, 0.1) is 0 Å². The summed E-state index contributed by atoms with van der Waals surface area (Å²) in [5.74, 6) is 1.64. The summed E-state index contributed by atoms with van der Waals surface area (Å²) in [5, 5.41) is 3.38. The number of likely N-dealkylation sites (N-methyl/N-ethyl adjacent to an activating group) is 1. The number of nitrogens with one attached hydrogen (secondary N) is 1. The molecule has 0 spiro atoms. The molecule has 0 aliphatic carbocycles. The second kappa shape index (κ2) is 7.95. The third-order valence-corrected chi connectivity index (χ3v) is 4.97. The van der Waals surface area contributed by atoms with Crippen molar-refractivity contribution in [2.24, 2.45) is 11.8 Å².